The van der Waals surface area contributed by atoms with Gasteiger partial charge in [-0.1, -0.05) is 37.6 Å². The molecule has 0 heterocycles. The molecule has 0 aliphatic carbocycles. The van der Waals surface area contributed by atoms with Crippen molar-refractivity contribution in [3.05, 3.63) is 59.9 Å². The summed E-state index contributed by atoms with van der Waals surface area (Å²) in [5, 5.41) is 10.0. The molecular formula is C18H22FNO. The zero-order valence-corrected chi connectivity index (χ0v) is 12.6. The summed E-state index contributed by atoms with van der Waals surface area (Å²) in [6.07, 6.45) is 2.17. The molecule has 0 saturated heterocycles. The van der Waals surface area contributed by atoms with Gasteiger partial charge in [0.15, 0.2) is 0 Å². The first-order valence-electron chi connectivity index (χ1n) is 7.43. The second-order valence-electron chi connectivity index (χ2n) is 5.26. The van der Waals surface area contributed by atoms with Crippen molar-refractivity contribution in [1.29, 1.82) is 0 Å². The van der Waals surface area contributed by atoms with Crippen molar-refractivity contribution in [2.24, 2.45) is 0 Å². The molecule has 0 aromatic heterocycles. The molecular weight excluding hydrogens is 265 g/mol. The number of anilines is 1. The number of halogens is 1. The predicted octanol–water partition coefficient (Wildman–Crippen LogP) is 4.90. The molecule has 2 aromatic carbocycles. The molecule has 0 spiro atoms. The first-order chi connectivity index (χ1) is 10.1. The molecule has 0 fully saturated rings. The lowest BCUT2D eigenvalue weighted by Gasteiger charge is -2.32. The summed E-state index contributed by atoms with van der Waals surface area (Å²) >= 11 is 0. The minimum Gasteiger partial charge on any atom is -0.507 e. The van der Waals surface area contributed by atoms with Gasteiger partial charge < -0.3 is 10.0 Å². The summed E-state index contributed by atoms with van der Waals surface area (Å²) in [6, 6.07) is 14.3. The summed E-state index contributed by atoms with van der Waals surface area (Å²) in [6.45, 7) is 5.09. The lowest BCUT2D eigenvalue weighted by molar-refractivity contribution is 0.454. The van der Waals surface area contributed by atoms with Gasteiger partial charge in [-0.2, -0.15) is 0 Å². The van der Waals surface area contributed by atoms with Crippen molar-refractivity contribution in [1.82, 2.24) is 0 Å². The molecule has 0 saturated carbocycles. The van der Waals surface area contributed by atoms with Crippen LogP contribution in [0.3, 0.4) is 0 Å². The van der Waals surface area contributed by atoms with E-state index in [2.05, 4.69) is 24.0 Å². The molecule has 2 aromatic rings. The Morgan fingerprint density at radius 2 is 1.86 bits per heavy atom. The Morgan fingerprint density at radius 3 is 2.48 bits per heavy atom. The molecule has 2 nitrogen and oxygen atoms in total. The summed E-state index contributed by atoms with van der Waals surface area (Å²) in [5.74, 6) is -0.400. The lowest BCUT2D eigenvalue weighted by atomic mass is 10.0. The highest BCUT2D eigenvalue weighted by atomic mass is 19.1. The van der Waals surface area contributed by atoms with Crippen LogP contribution in [0.15, 0.2) is 48.5 Å². The van der Waals surface area contributed by atoms with Crippen LogP contribution in [0.25, 0.3) is 0 Å². The van der Waals surface area contributed by atoms with Crippen LogP contribution in [0.1, 0.15) is 38.3 Å². The van der Waals surface area contributed by atoms with E-state index in [4.69, 9.17) is 0 Å². The van der Waals surface area contributed by atoms with Crippen molar-refractivity contribution in [3.8, 4) is 5.75 Å². The van der Waals surface area contributed by atoms with Crippen molar-refractivity contribution in [2.75, 3.05) is 11.4 Å². The number of hydrogen-bond donors (Lipinski definition) is 1. The third-order valence-electron chi connectivity index (χ3n) is 3.75. The Hall–Kier alpha value is -2.03. The Morgan fingerprint density at radius 1 is 1.14 bits per heavy atom. The van der Waals surface area contributed by atoms with Crippen molar-refractivity contribution < 1.29 is 9.50 Å². The van der Waals surface area contributed by atoms with Crippen LogP contribution in [0, 0.1) is 5.82 Å². The number of benzene rings is 2. The Bertz CT molecular complexity index is 571. The zero-order valence-electron chi connectivity index (χ0n) is 12.6. The summed E-state index contributed by atoms with van der Waals surface area (Å²) < 4.78 is 13.2. The van der Waals surface area contributed by atoms with E-state index in [1.54, 1.807) is 6.07 Å². The van der Waals surface area contributed by atoms with E-state index in [9.17, 15) is 9.50 Å². The Labute approximate surface area is 125 Å². The van der Waals surface area contributed by atoms with Crippen molar-refractivity contribution in [2.45, 2.75) is 32.7 Å². The third-order valence-corrected chi connectivity index (χ3v) is 3.75. The topological polar surface area (TPSA) is 23.5 Å². The fraction of sp³-hybridized carbons (Fsp3) is 0.333. The number of para-hydroxylation sites is 1. The second-order valence-corrected chi connectivity index (χ2v) is 5.26. The van der Waals surface area contributed by atoms with Crippen LogP contribution in [-0.4, -0.2) is 11.7 Å². The van der Waals surface area contributed by atoms with E-state index in [0.717, 1.165) is 30.6 Å². The maximum atomic E-state index is 13.2. The van der Waals surface area contributed by atoms with Gasteiger partial charge in [-0.3, -0.25) is 0 Å². The van der Waals surface area contributed by atoms with Gasteiger partial charge in [0.05, 0.1) is 6.04 Å². The number of unbranched alkanes of at least 4 members (excludes halogenated alkanes) is 1. The highest BCUT2D eigenvalue weighted by molar-refractivity contribution is 5.50. The van der Waals surface area contributed by atoms with Crippen LogP contribution < -0.4 is 4.90 Å². The van der Waals surface area contributed by atoms with Gasteiger partial charge >= 0.3 is 0 Å². The Balaban J connectivity index is 2.31. The molecule has 1 N–H and O–H groups in total. The lowest BCUT2D eigenvalue weighted by Crippen LogP contribution is -2.28. The molecule has 0 aliphatic rings. The number of phenols is 1. The molecule has 0 amide bonds. The Kier molecular flexibility index (Phi) is 5.20. The van der Waals surface area contributed by atoms with Crippen LogP contribution in [-0.2, 0) is 0 Å². The molecule has 2 rings (SSSR count). The van der Waals surface area contributed by atoms with Gasteiger partial charge in [-0.25, -0.2) is 4.39 Å². The minimum absolute atomic E-state index is 0.0138. The van der Waals surface area contributed by atoms with E-state index in [1.165, 1.54) is 12.1 Å². The third kappa shape index (κ3) is 3.75. The molecule has 0 radical (unpaired) electrons. The fourth-order valence-corrected chi connectivity index (χ4v) is 2.53. The standard InChI is InChI=1S/C18H22FNO/c1-3-4-12-20(16-8-6-5-7-9-16)14(2)17-11-10-15(19)13-18(17)21/h5-11,13-14,21H,3-4,12H2,1-2H3. The van der Waals surface area contributed by atoms with E-state index >= 15 is 0 Å². The molecule has 21 heavy (non-hydrogen) atoms. The predicted molar refractivity (Wildman–Crippen MR) is 85.2 cm³/mol. The van der Waals surface area contributed by atoms with E-state index in [-0.39, 0.29) is 11.8 Å². The van der Waals surface area contributed by atoms with Crippen LogP contribution in [0.2, 0.25) is 0 Å². The first kappa shape index (κ1) is 15.4. The van der Waals surface area contributed by atoms with Gasteiger partial charge in [0, 0.05) is 23.9 Å². The second kappa shape index (κ2) is 7.11. The SMILES string of the molecule is CCCCN(c1ccccc1)C(C)c1ccc(F)cc1O. The maximum absolute atomic E-state index is 13.2. The van der Waals surface area contributed by atoms with Gasteiger partial charge in [0.2, 0.25) is 0 Å². The van der Waals surface area contributed by atoms with Crippen LogP contribution in [0.4, 0.5) is 10.1 Å². The van der Waals surface area contributed by atoms with E-state index in [1.807, 2.05) is 25.1 Å². The van der Waals surface area contributed by atoms with Gasteiger partial charge in [-0.05, 0) is 31.5 Å². The molecule has 0 bridgehead atoms. The molecule has 112 valence electrons. The average Bonchev–Trinajstić information content (AvgIpc) is 2.48. The normalized spacial score (nSPS) is 12.1. The fourth-order valence-electron chi connectivity index (χ4n) is 2.53. The molecule has 0 aliphatic heterocycles. The number of rotatable bonds is 6. The summed E-state index contributed by atoms with van der Waals surface area (Å²) in [5.41, 5.74) is 1.86. The smallest absolute Gasteiger partial charge is 0.126 e. The van der Waals surface area contributed by atoms with Crippen molar-refractivity contribution >= 4 is 5.69 Å². The largest absolute Gasteiger partial charge is 0.507 e. The number of hydrogen-bond acceptors (Lipinski definition) is 2. The summed E-state index contributed by atoms with van der Waals surface area (Å²) in [4.78, 5) is 2.25. The van der Waals surface area contributed by atoms with Crippen LogP contribution in [0.5, 0.6) is 5.75 Å². The number of phenolic OH excluding ortho intramolecular Hbond substituents is 1. The average molecular weight is 287 g/mol. The van der Waals surface area contributed by atoms with E-state index < -0.39 is 5.82 Å². The molecule has 1 unspecified atom stereocenters. The quantitative estimate of drug-likeness (QED) is 0.817. The first-order valence-corrected chi connectivity index (χ1v) is 7.43. The van der Waals surface area contributed by atoms with Gasteiger partial charge in [0.25, 0.3) is 0 Å². The molecule has 1 atom stereocenters. The highest BCUT2D eigenvalue weighted by Gasteiger charge is 2.19. The van der Waals surface area contributed by atoms with E-state index in [0.29, 0.717) is 0 Å². The maximum Gasteiger partial charge on any atom is 0.126 e. The number of nitrogens with zero attached hydrogens (tertiary/aromatic N) is 1. The van der Waals surface area contributed by atoms with Crippen LogP contribution >= 0.6 is 0 Å². The minimum atomic E-state index is -0.414. The molecule has 3 heteroatoms. The number of aromatic hydroxyl groups is 1. The monoisotopic (exact) mass is 287 g/mol. The van der Waals surface area contributed by atoms with Crippen molar-refractivity contribution in [3.63, 3.8) is 0 Å². The van der Waals surface area contributed by atoms with Gasteiger partial charge in [0.1, 0.15) is 11.6 Å². The highest BCUT2D eigenvalue weighted by Crippen LogP contribution is 2.32. The zero-order chi connectivity index (χ0) is 15.2. The summed E-state index contributed by atoms with van der Waals surface area (Å²) in [7, 11) is 0. The van der Waals surface area contributed by atoms with Gasteiger partial charge in [-0.15, -0.1) is 0 Å².